The summed E-state index contributed by atoms with van der Waals surface area (Å²) in [4.78, 5) is 54.7. The van der Waals surface area contributed by atoms with E-state index >= 15 is 0 Å². The van der Waals surface area contributed by atoms with Gasteiger partial charge in [-0.05, 0) is 176 Å². The number of hydrogen-bond acceptors (Lipinski definition) is 12. The highest BCUT2D eigenvalue weighted by molar-refractivity contribution is 6.29. The number of hydrogen-bond donors (Lipinski definition) is 0. The summed E-state index contributed by atoms with van der Waals surface area (Å²) >= 11 is 25.5. The highest BCUT2D eigenvalue weighted by atomic mass is 35.5. The molecule has 0 fully saturated rings. The first-order chi connectivity index (χ1) is 68.6. The molecule has 0 radical (unpaired) electrons. The molecular formula is C120H77Cl4N15. The van der Waals surface area contributed by atoms with E-state index in [0.717, 1.165) is 150 Å². The van der Waals surface area contributed by atoms with Crippen LogP contribution in [0, 0.1) is 0 Å². The molecule has 139 heavy (non-hydrogen) atoms. The van der Waals surface area contributed by atoms with Crippen LogP contribution in [-0.2, 0) is 0 Å². The summed E-state index contributed by atoms with van der Waals surface area (Å²) in [5.74, 6) is 4.41. The van der Waals surface area contributed by atoms with Crippen molar-refractivity contribution >= 4 is 112 Å². The van der Waals surface area contributed by atoms with Crippen molar-refractivity contribution in [2.24, 2.45) is 0 Å². The third-order valence-corrected chi connectivity index (χ3v) is 25.0. The van der Waals surface area contributed by atoms with Crippen LogP contribution in [0.15, 0.2) is 467 Å². The molecule has 0 unspecified atom stereocenters. The summed E-state index contributed by atoms with van der Waals surface area (Å²) in [5.41, 5.74) is 26.3. The number of aromatic nitrogens is 15. The Bertz CT molecular complexity index is 8710. The van der Waals surface area contributed by atoms with E-state index < -0.39 is 0 Å². The lowest BCUT2D eigenvalue weighted by Gasteiger charge is -2.10. The van der Waals surface area contributed by atoms with E-state index in [1.165, 1.54) is 21.7 Å². The van der Waals surface area contributed by atoms with Crippen LogP contribution >= 0.6 is 46.4 Å². The molecule has 0 aliphatic rings. The fourth-order valence-electron chi connectivity index (χ4n) is 17.9. The van der Waals surface area contributed by atoms with Crippen molar-refractivity contribution in [3.8, 4) is 153 Å². The minimum atomic E-state index is 0.168. The first kappa shape index (κ1) is 86.9. The monoisotopic (exact) mass is 1870 g/mol. The molecule has 0 N–H and O–H groups in total. The van der Waals surface area contributed by atoms with Crippen LogP contribution in [-0.4, -0.2) is 73.5 Å². The lowest BCUT2D eigenvalue weighted by Crippen LogP contribution is -1.99. The summed E-state index contributed by atoms with van der Waals surface area (Å²) in [6.07, 6.45) is 0. The summed E-state index contributed by atoms with van der Waals surface area (Å²) < 4.78 is 6.84. The Labute approximate surface area is 820 Å². The fraction of sp³-hybridized carbons (Fsp3) is 0. The standard InChI is InChI=1S/2C33H21ClN4.C27H17ClN4.C27H18ClN3/c34-33-36-31(24-20-18-23(19-21-24)22-10-3-1-4-11-22)35-32(37-33)27-15-9-17-29-30(27)26-14-7-8-16-28(26)38(29)25-12-5-2-6-13-25;34-33-36-31(24-17-15-23(16-18-24)22-9-3-1-4-10-22)35-32(37-33)25-19-20-30-28(21-25)27-13-7-8-14-29(27)38(30)26-11-5-2-6-12-26;28-27-30-25(18-9-2-1-3-10-18)29-26(31-27)19-11-8-12-20(17-19)32-23-15-6-4-13-21(23)22-14-5-7-16-24(22)32;28-27-30-25(22-17-15-20(16-18-22)19-9-3-1-4-10-19)29-26(31-27)24-14-8-7-13-23(24)21-11-5-2-6-12-21/h2*1-21H;1-17H;1-18H. The molecule has 25 rings (SSSR count). The van der Waals surface area contributed by atoms with Gasteiger partial charge in [0.1, 0.15) is 0 Å². The van der Waals surface area contributed by atoms with Gasteiger partial charge in [0.2, 0.25) is 21.1 Å². The molecule has 0 saturated carbocycles. The summed E-state index contributed by atoms with van der Waals surface area (Å²) in [6, 6.07) is 159. The minimum absolute atomic E-state index is 0.168. The number of rotatable bonds is 15. The molecule has 15 nitrogen and oxygen atoms in total. The van der Waals surface area contributed by atoms with E-state index in [1.54, 1.807) is 0 Å². The van der Waals surface area contributed by atoms with Gasteiger partial charge in [0, 0.05) is 93.9 Å². The molecule has 0 atom stereocenters. The first-order valence-corrected chi connectivity index (χ1v) is 46.7. The van der Waals surface area contributed by atoms with E-state index in [2.05, 4.69) is 333 Å². The van der Waals surface area contributed by atoms with E-state index in [4.69, 9.17) is 66.3 Å². The molecule has 660 valence electrons. The lowest BCUT2D eigenvalue weighted by molar-refractivity contribution is 1.06. The second-order valence-electron chi connectivity index (χ2n) is 32.8. The van der Waals surface area contributed by atoms with Crippen LogP contribution in [0.2, 0.25) is 21.1 Å². The van der Waals surface area contributed by atoms with E-state index in [1.807, 2.05) is 188 Å². The number of para-hydroxylation sites is 6. The van der Waals surface area contributed by atoms with Crippen molar-refractivity contribution in [3.05, 3.63) is 488 Å². The highest BCUT2D eigenvalue weighted by Gasteiger charge is 2.23. The maximum atomic E-state index is 6.48. The van der Waals surface area contributed by atoms with E-state index in [-0.39, 0.29) is 21.1 Å². The van der Waals surface area contributed by atoms with E-state index in [0.29, 0.717) is 46.6 Å². The maximum Gasteiger partial charge on any atom is 0.226 e. The smallest absolute Gasteiger partial charge is 0.226 e. The Hall–Kier alpha value is -17.4. The van der Waals surface area contributed by atoms with Gasteiger partial charge in [-0.15, -0.1) is 0 Å². The summed E-state index contributed by atoms with van der Waals surface area (Å²) in [6.45, 7) is 0. The number of fused-ring (bicyclic) bond motifs is 9. The summed E-state index contributed by atoms with van der Waals surface area (Å²) in [7, 11) is 0. The molecular weight excluding hydrogens is 1790 g/mol. The van der Waals surface area contributed by atoms with Crippen LogP contribution < -0.4 is 0 Å². The van der Waals surface area contributed by atoms with Gasteiger partial charge in [0.15, 0.2) is 46.6 Å². The lowest BCUT2D eigenvalue weighted by atomic mass is 9.99. The van der Waals surface area contributed by atoms with Gasteiger partial charge >= 0.3 is 0 Å². The van der Waals surface area contributed by atoms with Crippen LogP contribution in [0.3, 0.4) is 0 Å². The van der Waals surface area contributed by atoms with Gasteiger partial charge < -0.3 is 13.7 Å². The SMILES string of the molecule is Clc1nc(-c2ccc(-c3ccccc3)cc2)nc(-c2ccc3c(c2)c2ccccc2n3-c2ccccc2)n1.Clc1nc(-c2ccc(-c3ccccc3)cc2)nc(-c2cccc3c2c2ccccc2n3-c2ccccc2)n1.Clc1nc(-c2ccc(-c3ccccc3)cc2)nc(-c2ccccc2-c2ccccc2)n1.Clc1nc(-c2ccccc2)nc(-c2cccc(-n3c4ccccc4c4ccccc43)c2)n1. The highest BCUT2D eigenvalue weighted by Crippen LogP contribution is 2.42. The average molecular weight is 1870 g/mol. The largest absolute Gasteiger partial charge is 0.309 e. The van der Waals surface area contributed by atoms with Gasteiger partial charge in [-0.2, -0.15) is 39.9 Å². The van der Waals surface area contributed by atoms with Gasteiger partial charge in [0.05, 0.1) is 33.1 Å². The van der Waals surface area contributed by atoms with Crippen molar-refractivity contribution < 1.29 is 0 Å². The second kappa shape index (κ2) is 39.2. The van der Waals surface area contributed by atoms with Crippen molar-refractivity contribution in [2.45, 2.75) is 0 Å². The molecule has 0 bridgehead atoms. The molecule has 7 heterocycles. The Kier molecular flexibility index (Phi) is 24.5. The molecule has 18 aromatic carbocycles. The maximum absolute atomic E-state index is 6.48. The molecule has 25 aromatic rings. The fourth-order valence-corrected chi connectivity index (χ4v) is 18.5. The van der Waals surface area contributed by atoms with Crippen LogP contribution in [0.4, 0.5) is 0 Å². The number of halogens is 4. The second-order valence-corrected chi connectivity index (χ2v) is 34.2. The van der Waals surface area contributed by atoms with Gasteiger partial charge in [-0.1, -0.05) is 382 Å². The van der Waals surface area contributed by atoms with Crippen molar-refractivity contribution in [3.63, 3.8) is 0 Å². The average Bonchev–Trinajstić information content (AvgIpc) is 1.60. The molecule has 0 aliphatic heterocycles. The van der Waals surface area contributed by atoms with Crippen molar-refractivity contribution in [1.82, 2.24) is 73.5 Å². The van der Waals surface area contributed by atoms with Gasteiger partial charge in [-0.25, -0.2) is 19.9 Å². The minimum Gasteiger partial charge on any atom is -0.309 e. The zero-order valence-electron chi connectivity index (χ0n) is 74.2. The molecule has 19 heteroatoms. The Morgan fingerprint density at radius 3 is 0.806 bits per heavy atom. The van der Waals surface area contributed by atoms with Crippen LogP contribution in [0.5, 0.6) is 0 Å². The van der Waals surface area contributed by atoms with Crippen molar-refractivity contribution in [1.29, 1.82) is 0 Å². The Balaban J connectivity index is 0.000000107. The zero-order valence-corrected chi connectivity index (χ0v) is 77.2. The number of nitrogens with zero attached hydrogens (tertiary/aromatic N) is 15. The van der Waals surface area contributed by atoms with Gasteiger partial charge in [-0.3, -0.25) is 0 Å². The molecule has 7 aromatic heterocycles. The van der Waals surface area contributed by atoms with Gasteiger partial charge in [0.25, 0.3) is 0 Å². The first-order valence-electron chi connectivity index (χ1n) is 45.2. The third kappa shape index (κ3) is 18.3. The zero-order chi connectivity index (χ0) is 93.5. The topological polar surface area (TPSA) is 169 Å². The Morgan fingerprint density at radius 1 is 0.137 bits per heavy atom. The Morgan fingerprint density at radius 2 is 0.374 bits per heavy atom. The third-order valence-electron chi connectivity index (χ3n) is 24.3. The van der Waals surface area contributed by atoms with Crippen LogP contribution in [0.1, 0.15) is 0 Å². The quantitative estimate of drug-likeness (QED) is 0.0953. The van der Waals surface area contributed by atoms with Crippen molar-refractivity contribution in [2.75, 3.05) is 0 Å². The number of benzene rings is 18. The molecule has 0 amide bonds. The predicted octanol–water partition coefficient (Wildman–Crippen LogP) is 31.4. The summed E-state index contributed by atoms with van der Waals surface area (Å²) in [5, 5.41) is 7.66. The molecule has 0 spiro atoms. The van der Waals surface area contributed by atoms with E-state index in [9.17, 15) is 0 Å². The molecule has 0 aliphatic carbocycles. The predicted molar refractivity (Wildman–Crippen MR) is 568 cm³/mol. The molecule has 0 saturated heterocycles. The normalized spacial score (nSPS) is 11.2. The van der Waals surface area contributed by atoms with Crippen LogP contribution in [0.25, 0.3) is 218 Å².